The molecule has 0 heterocycles. The highest BCUT2D eigenvalue weighted by Gasteiger charge is 2.22. The van der Waals surface area contributed by atoms with E-state index in [1.807, 2.05) is 6.92 Å². The van der Waals surface area contributed by atoms with Crippen LogP contribution < -0.4 is 5.32 Å². The minimum Gasteiger partial charge on any atom is -0.464 e. The minimum atomic E-state index is -0.638. The Labute approximate surface area is 133 Å². The molecule has 0 rings (SSSR count). The van der Waals surface area contributed by atoms with E-state index in [4.69, 9.17) is 14.2 Å². The van der Waals surface area contributed by atoms with Crippen LogP contribution >= 0.6 is 0 Å². The number of carbonyl (C=O) groups is 2. The molecule has 0 aliphatic heterocycles. The van der Waals surface area contributed by atoms with Crippen LogP contribution in [0.2, 0.25) is 0 Å². The smallest absolute Gasteiger partial charge is 0.407 e. The maximum atomic E-state index is 12.0. The van der Waals surface area contributed by atoms with Gasteiger partial charge < -0.3 is 19.5 Å². The van der Waals surface area contributed by atoms with E-state index in [2.05, 4.69) is 12.2 Å². The van der Waals surface area contributed by atoms with Crippen LogP contribution in [0.5, 0.6) is 0 Å². The first kappa shape index (κ1) is 20.7. The van der Waals surface area contributed by atoms with Crippen LogP contribution in [0, 0.1) is 0 Å². The lowest BCUT2D eigenvalue weighted by Crippen LogP contribution is -2.42. The summed E-state index contributed by atoms with van der Waals surface area (Å²) in [6.07, 6.45) is 5.93. The second-order valence-corrected chi connectivity index (χ2v) is 5.20. The topological polar surface area (TPSA) is 73.9 Å². The van der Waals surface area contributed by atoms with Crippen LogP contribution in [0.4, 0.5) is 4.79 Å². The van der Waals surface area contributed by atoms with E-state index >= 15 is 0 Å². The van der Waals surface area contributed by atoms with E-state index in [1.165, 1.54) is 7.11 Å². The van der Waals surface area contributed by atoms with Gasteiger partial charge in [0, 0.05) is 7.11 Å². The summed E-state index contributed by atoms with van der Waals surface area (Å²) >= 11 is 0. The summed E-state index contributed by atoms with van der Waals surface area (Å²) in [7, 11) is 1.53. The molecule has 1 N–H and O–H groups in total. The third kappa shape index (κ3) is 11.4. The summed E-state index contributed by atoms with van der Waals surface area (Å²) in [5.74, 6) is -0.381. The summed E-state index contributed by atoms with van der Waals surface area (Å²) in [6.45, 7) is 5.06. The van der Waals surface area contributed by atoms with Crippen molar-refractivity contribution in [3.8, 4) is 0 Å². The molecule has 0 aromatic heterocycles. The van der Waals surface area contributed by atoms with Gasteiger partial charge in [-0.2, -0.15) is 0 Å². The Hall–Kier alpha value is -1.30. The van der Waals surface area contributed by atoms with Gasteiger partial charge in [-0.05, 0) is 12.8 Å². The third-order valence-electron chi connectivity index (χ3n) is 3.19. The van der Waals surface area contributed by atoms with Crippen molar-refractivity contribution in [2.75, 3.05) is 26.9 Å². The molecule has 0 spiro atoms. The second kappa shape index (κ2) is 14.6. The molecule has 130 valence electrons. The largest absolute Gasteiger partial charge is 0.464 e. The van der Waals surface area contributed by atoms with Crippen molar-refractivity contribution < 1.29 is 23.8 Å². The highest BCUT2D eigenvalue weighted by atomic mass is 16.6. The fourth-order valence-electron chi connectivity index (χ4n) is 1.86. The highest BCUT2D eigenvalue weighted by Crippen LogP contribution is 2.05. The average Bonchev–Trinajstić information content (AvgIpc) is 2.51. The molecule has 0 radical (unpaired) electrons. The Morgan fingerprint density at radius 2 is 1.64 bits per heavy atom. The van der Waals surface area contributed by atoms with Gasteiger partial charge in [0.15, 0.2) is 0 Å². The zero-order chi connectivity index (χ0) is 16.6. The maximum Gasteiger partial charge on any atom is 0.407 e. The number of esters is 1. The fraction of sp³-hybridized carbons (Fsp3) is 0.875. The number of hydrogen-bond acceptors (Lipinski definition) is 5. The van der Waals surface area contributed by atoms with Crippen LogP contribution in [-0.2, 0) is 19.0 Å². The van der Waals surface area contributed by atoms with Gasteiger partial charge in [-0.15, -0.1) is 0 Å². The standard InChI is InChI=1S/C16H31NO5/c1-4-6-8-9-11-21-15(18)14(10-7-5-2)17-16(19)22-13-12-20-3/h14H,4-13H2,1-3H3,(H,17,19). The zero-order valence-electron chi connectivity index (χ0n) is 14.2. The molecule has 1 atom stereocenters. The van der Waals surface area contributed by atoms with Crippen molar-refractivity contribution in [1.29, 1.82) is 0 Å². The van der Waals surface area contributed by atoms with Gasteiger partial charge >= 0.3 is 12.1 Å². The first-order valence-electron chi connectivity index (χ1n) is 8.24. The molecule has 0 saturated heterocycles. The van der Waals surface area contributed by atoms with Crippen LogP contribution in [0.25, 0.3) is 0 Å². The van der Waals surface area contributed by atoms with Gasteiger partial charge in [0.1, 0.15) is 12.6 Å². The van der Waals surface area contributed by atoms with E-state index in [-0.39, 0.29) is 12.6 Å². The second-order valence-electron chi connectivity index (χ2n) is 5.20. The van der Waals surface area contributed by atoms with E-state index < -0.39 is 12.1 Å². The van der Waals surface area contributed by atoms with Gasteiger partial charge in [0.2, 0.25) is 0 Å². The Morgan fingerprint density at radius 1 is 0.909 bits per heavy atom. The number of alkyl carbamates (subject to hydrolysis) is 1. The van der Waals surface area contributed by atoms with Crippen LogP contribution in [0.1, 0.15) is 58.8 Å². The predicted octanol–water partition coefficient (Wildman–Crippen LogP) is 3.04. The van der Waals surface area contributed by atoms with Crippen LogP contribution in [0.15, 0.2) is 0 Å². The maximum absolute atomic E-state index is 12.0. The van der Waals surface area contributed by atoms with Gasteiger partial charge in [-0.3, -0.25) is 0 Å². The molecule has 6 heteroatoms. The first-order chi connectivity index (χ1) is 10.7. The Morgan fingerprint density at radius 3 is 2.27 bits per heavy atom. The monoisotopic (exact) mass is 317 g/mol. The van der Waals surface area contributed by atoms with Gasteiger partial charge in [-0.1, -0.05) is 46.0 Å². The number of nitrogens with one attached hydrogen (secondary N) is 1. The number of ether oxygens (including phenoxy) is 3. The number of methoxy groups -OCH3 is 1. The summed E-state index contributed by atoms with van der Waals surface area (Å²) < 4.78 is 15.0. The van der Waals surface area contributed by atoms with Crippen LogP contribution in [0.3, 0.4) is 0 Å². The number of unbranched alkanes of at least 4 members (excludes halogenated alkanes) is 4. The summed E-state index contributed by atoms with van der Waals surface area (Å²) in [6, 6.07) is -0.638. The van der Waals surface area contributed by atoms with Crippen molar-refractivity contribution >= 4 is 12.1 Å². The number of carbonyl (C=O) groups excluding carboxylic acids is 2. The van der Waals surface area contributed by atoms with Crippen molar-refractivity contribution in [3.63, 3.8) is 0 Å². The lowest BCUT2D eigenvalue weighted by atomic mass is 10.1. The van der Waals surface area contributed by atoms with Crippen molar-refractivity contribution in [2.45, 2.75) is 64.8 Å². The molecule has 0 aromatic carbocycles. The van der Waals surface area contributed by atoms with Crippen molar-refractivity contribution in [3.05, 3.63) is 0 Å². The molecule has 22 heavy (non-hydrogen) atoms. The number of amides is 1. The highest BCUT2D eigenvalue weighted by molar-refractivity contribution is 5.81. The minimum absolute atomic E-state index is 0.162. The molecular weight excluding hydrogens is 286 g/mol. The van der Waals surface area contributed by atoms with E-state index in [1.54, 1.807) is 0 Å². The van der Waals surface area contributed by atoms with Gasteiger partial charge in [0.05, 0.1) is 13.2 Å². The van der Waals surface area contributed by atoms with Crippen LogP contribution in [-0.4, -0.2) is 45.0 Å². The summed E-state index contributed by atoms with van der Waals surface area (Å²) in [4.78, 5) is 23.6. The molecule has 6 nitrogen and oxygen atoms in total. The molecular formula is C16H31NO5. The SMILES string of the molecule is CCCCCCOC(=O)C(CCCC)NC(=O)OCCOC. The quantitative estimate of drug-likeness (QED) is 0.417. The molecule has 1 unspecified atom stereocenters. The fourth-order valence-corrected chi connectivity index (χ4v) is 1.86. The Balaban J connectivity index is 4.12. The normalized spacial score (nSPS) is 11.8. The molecule has 0 aromatic rings. The van der Waals surface area contributed by atoms with E-state index in [9.17, 15) is 9.59 Å². The molecule has 0 aliphatic rings. The Bertz CT molecular complexity index is 296. The van der Waals surface area contributed by atoms with E-state index in [0.717, 1.165) is 38.5 Å². The average molecular weight is 317 g/mol. The number of hydrogen-bond donors (Lipinski definition) is 1. The molecule has 0 aliphatic carbocycles. The van der Waals surface area contributed by atoms with Gasteiger partial charge in [0.25, 0.3) is 0 Å². The van der Waals surface area contributed by atoms with Crippen molar-refractivity contribution in [1.82, 2.24) is 5.32 Å². The molecule has 1 amide bonds. The molecule has 0 saturated carbocycles. The lowest BCUT2D eigenvalue weighted by Gasteiger charge is -2.17. The number of rotatable bonds is 13. The first-order valence-corrected chi connectivity index (χ1v) is 8.24. The third-order valence-corrected chi connectivity index (χ3v) is 3.19. The Kier molecular flexibility index (Phi) is 13.8. The zero-order valence-corrected chi connectivity index (χ0v) is 14.2. The lowest BCUT2D eigenvalue weighted by molar-refractivity contribution is -0.146. The summed E-state index contributed by atoms with van der Waals surface area (Å²) in [5.41, 5.74) is 0. The molecule has 0 fully saturated rings. The molecule has 0 bridgehead atoms. The van der Waals surface area contributed by atoms with E-state index in [0.29, 0.717) is 19.6 Å². The van der Waals surface area contributed by atoms with Gasteiger partial charge in [-0.25, -0.2) is 9.59 Å². The van der Waals surface area contributed by atoms with Crippen molar-refractivity contribution in [2.24, 2.45) is 0 Å². The summed E-state index contributed by atoms with van der Waals surface area (Å²) in [5, 5.41) is 2.57. The predicted molar refractivity (Wildman–Crippen MR) is 84.8 cm³/mol.